The molecule has 0 bridgehead atoms. The Labute approximate surface area is 172 Å². The van der Waals surface area contributed by atoms with Gasteiger partial charge in [-0.25, -0.2) is 4.79 Å². The average molecular weight is 434 g/mol. The molecule has 0 amide bonds. The standard InChI is InChI=1S/C21H46O3PSi2/c1-9-13-16-25(17-14-10-2,18-15-11-3)20-27(7,8)24-26(5,6)19-23-21(22)12-4/h12H,4,9-11,13-20H2,1-3,5-8H3/q+1. The normalized spacial score (nSPS) is 12.9. The third-order valence-electron chi connectivity index (χ3n) is 4.96. The maximum atomic E-state index is 11.5. The highest BCUT2D eigenvalue weighted by molar-refractivity contribution is 7.77. The topological polar surface area (TPSA) is 35.5 Å². The summed E-state index contributed by atoms with van der Waals surface area (Å²) in [5.41, 5.74) is 0. The number of carbonyl (C=O) groups is 1. The molecule has 6 heteroatoms. The van der Waals surface area contributed by atoms with Crippen LogP contribution < -0.4 is 0 Å². The molecule has 3 nitrogen and oxygen atoms in total. The van der Waals surface area contributed by atoms with E-state index in [1.807, 2.05) is 0 Å². The Morgan fingerprint density at radius 1 is 0.889 bits per heavy atom. The van der Waals surface area contributed by atoms with E-state index in [2.05, 4.69) is 53.5 Å². The number of esters is 1. The van der Waals surface area contributed by atoms with Gasteiger partial charge in [-0.2, -0.15) is 0 Å². The zero-order valence-electron chi connectivity index (χ0n) is 19.2. The van der Waals surface area contributed by atoms with Crippen LogP contribution >= 0.6 is 7.26 Å². The van der Waals surface area contributed by atoms with Crippen LogP contribution in [-0.4, -0.2) is 53.1 Å². The van der Waals surface area contributed by atoms with Crippen LogP contribution in [0.2, 0.25) is 26.2 Å². The van der Waals surface area contributed by atoms with Gasteiger partial charge < -0.3 is 8.85 Å². The first-order chi connectivity index (χ1) is 12.6. The molecular formula is C21H46O3PSi2+. The largest absolute Gasteiger partial charge is 0.463 e. The van der Waals surface area contributed by atoms with Crippen LogP contribution in [0.5, 0.6) is 0 Å². The first-order valence-corrected chi connectivity index (χ1v) is 19.7. The molecule has 0 rings (SSSR count). The van der Waals surface area contributed by atoms with Crippen molar-refractivity contribution in [1.82, 2.24) is 0 Å². The van der Waals surface area contributed by atoms with Gasteiger partial charge in [-0.3, -0.25) is 0 Å². The van der Waals surface area contributed by atoms with E-state index in [-0.39, 0.29) is 5.97 Å². The highest BCUT2D eigenvalue weighted by Crippen LogP contribution is 2.62. The molecule has 160 valence electrons. The Balaban J connectivity index is 5.24. The molecule has 0 aromatic rings. The second-order valence-electron chi connectivity index (χ2n) is 9.16. The summed E-state index contributed by atoms with van der Waals surface area (Å²) in [5.74, 6) is 1.00. The molecule has 0 heterocycles. The van der Waals surface area contributed by atoms with Gasteiger partial charge in [0.25, 0.3) is 0 Å². The van der Waals surface area contributed by atoms with Crippen molar-refractivity contribution in [2.45, 2.75) is 85.5 Å². The predicted octanol–water partition coefficient (Wildman–Crippen LogP) is 6.64. The zero-order valence-corrected chi connectivity index (χ0v) is 22.1. The fourth-order valence-corrected chi connectivity index (χ4v) is 23.5. The van der Waals surface area contributed by atoms with Crippen molar-refractivity contribution in [3.8, 4) is 0 Å². The van der Waals surface area contributed by atoms with Gasteiger partial charge in [0, 0.05) is 13.3 Å². The van der Waals surface area contributed by atoms with Crippen LogP contribution in [0.4, 0.5) is 0 Å². The highest BCUT2D eigenvalue weighted by Gasteiger charge is 2.45. The monoisotopic (exact) mass is 433 g/mol. The molecule has 0 spiro atoms. The van der Waals surface area contributed by atoms with E-state index < -0.39 is 23.9 Å². The molecule has 0 saturated heterocycles. The van der Waals surface area contributed by atoms with Crippen molar-refractivity contribution in [3.63, 3.8) is 0 Å². The van der Waals surface area contributed by atoms with Crippen LogP contribution in [0.15, 0.2) is 12.7 Å². The van der Waals surface area contributed by atoms with E-state index in [4.69, 9.17) is 8.85 Å². The van der Waals surface area contributed by atoms with Crippen molar-refractivity contribution in [2.75, 3.05) is 30.5 Å². The number of ether oxygens (including phenoxy) is 1. The second kappa shape index (κ2) is 13.3. The van der Waals surface area contributed by atoms with E-state index in [1.165, 1.54) is 68.9 Å². The summed E-state index contributed by atoms with van der Waals surface area (Å²) < 4.78 is 12.1. The smallest absolute Gasteiger partial charge is 0.329 e. The molecule has 0 N–H and O–H groups in total. The summed E-state index contributed by atoms with van der Waals surface area (Å²) in [6.45, 7) is 19.6. The van der Waals surface area contributed by atoms with E-state index >= 15 is 0 Å². The van der Waals surface area contributed by atoms with Gasteiger partial charge >= 0.3 is 5.97 Å². The minimum absolute atomic E-state index is 0.339. The highest BCUT2D eigenvalue weighted by atomic mass is 31.2. The summed E-state index contributed by atoms with van der Waals surface area (Å²) >= 11 is 0. The Bertz CT molecular complexity index is 417. The fraction of sp³-hybridized carbons (Fsp3) is 0.857. The Kier molecular flexibility index (Phi) is 13.3. The lowest BCUT2D eigenvalue weighted by atomic mass is 10.4. The maximum absolute atomic E-state index is 11.5. The zero-order chi connectivity index (χ0) is 21.0. The van der Waals surface area contributed by atoms with E-state index in [1.54, 1.807) is 0 Å². The van der Waals surface area contributed by atoms with Crippen molar-refractivity contribution >= 4 is 29.9 Å². The third-order valence-corrected chi connectivity index (χ3v) is 19.7. The summed E-state index contributed by atoms with van der Waals surface area (Å²) in [5, 5.41) is 0. The quantitative estimate of drug-likeness (QED) is 0.118. The van der Waals surface area contributed by atoms with Crippen LogP contribution in [0.25, 0.3) is 0 Å². The number of rotatable bonds is 16. The molecule has 0 aliphatic rings. The third kappa shape index (κ3) is 12.3. The van der Waals surface area contributed by atoms with Gasteiger partial charge in [-0.05, 0) is 45.5 Å². The minimum atomic E-state index is -2.02. The number of carbonyl (C=O) groups excluding carboxylic acids is 1. The predicted molar refractivity (Wildman–Crippen MR) is 128 cm³/mol. The minimum Gasteiger partial charge on any atom is -0.463 e. The van der Waals surface area contributed by atoms with Gasteiger partial charge in [0.15, 0.2) is 0 Å². The average Bonchev–Trinajstić information content (AvgIpc) is 2.59. The molecular weight excluding hydrogens is 387 g/mol. The lowest BCUT2D eigenvalue weighted by Crippen LogP contribution is -2.51. The van der Waals surface area contributed by atoms with E-state index in [0.29, 0.717) is 6.23 Å². The first-order valence-electron chi connectivity index (χ1n) is 10.9. The van der Waals surface area contributed by atoms with Crippen LogP contribution in [-0.2, 0) is 13.6 Å². The van der Waals surface area contributed by atoms with E-state index in [9.17, 15) is 4.79 Å². The lowest BCUT2D eigenvalue weighted by molar-refractivity contribution is -0.136. The van der Waals surface area contributed by atoms with Crippen molar-refractivity contribution in [1.29, 1.82) is 0 Å². The number of hydrogen-bond donors (Lipinski definition) is 0. The van der Waals surface area contributed by atoms with Gasteiger partial charge in [0.05, 0.1) is 24.3 Å². The second-order valence-corrected chi connectivity index (χ2v) is 22.6. The Morgan fingerprint density at radius 3 is 1.70 bits per heavy atom. The van der Waals surface area contributed by atoms with Crippen molar-refractivity contribution < 1.29 is 13.6 Å². The summed E-state index contributed by atoms with van der Waals surface area (Å²) in [6, 6.07) is 0. The van der Waals surface area contributed by atoms with E-state index in [0.717, 1.165) is 0 Å². The SMILES string of the molecule is C=CC(=O)OC[Si](C)(C)O[Si](C)(C)C[P+](CCCC)(CCCC)CCCC. The molecule has 0 fully saturated rings. The number of hydrogen-bond acceptors (Lipinski definition) is 3. The van der Waals surface area contributed by atoms with Crippen LogP contribution in [0.3, 0.4) is 0 Å². The molecule has 27 heavy (non-hydrogen) atoms. The molecule has 0 atom stereocenters. The summed E-state index contributed by atoms with van der Waals surface area (Å²) in [6.07, 6.45) is 14.0. The molecule has 0 aliphatic carbocycles. The molecule has 0 aromatic carbocycles. The molecule has 0 unspecified atom stereocenters. The van der Waals surface area contributed by atoms with Crippen molar-refractivity contribution in [3.05, 3.63) is 12.7 Å². The molecule has 0 aromatic heterocycles. The van der Waals surface area contributed by atoms with Gasteiger partial charge in [0.2, 0.25) is 16.6 Å². The molecule has 0 aliphatic heterocycles. The molecule has 0 saturated carbocycles. The van der Waals surface area contributed by atoms with Gasteiger partial charge in [-0.1, -0.05) is 46.6 Å². The fourth-order valence-electron chi connectivity index (χ4n) is 3.97. The van der Waals surface area contributed by atoms with Crippen molar-refractivity contribution in [2.24, 2.45) is 0 Å². The summed E-state index contributed by atoms with van der Waals surface area (Å²) in [7, 11) is -4.80. The Morgan fingerprint density at radius 2 is 1.33 bits per heavy atom. The van der Waals surface area contributed by atoms with Gasteiger partial charge in [0.1, 0.15) is 6.23 Å². The summed E-state index contributed by atoms with van der Waals surface area (Å²) in [4.78, 5) is 11.5. The molecule has 0 radical (unpaired) electrons. The maximum Gasteiger partial charge on any atom is 0.329 e. The lowest BCUT2D eigenvalue weighted by Gasteiger charge is -2.38. The first kappa shape index (κ1) is 27.0. The van der Waals surface area contributed by atoms with Crippen LogP contribution in [0, 0.1) is 0 Å². The Hall–Kier alpha value is 0.0338. The van der Waals surface area contributed by atoms with Crippen LogP contribution in [0.1, 0.15) is 59.3 Å². The number of unbranched alkanes of at least 4 members (excludes halogenated alkanes) is 3. The van der Waals surface area contributed by atoms with Gasteiger partial charge in [-0.15, -0.1) is 0 Å².